The molecule has 2 saturated heterocycles. The van der Waals surface area contributed by atoms with Gasteiger partial charge in [0.2, 0.25) is 5.79 Å². The molecule has 2 heterocycles. The Balaban J connectivity index is 2.50. The van der Waals surface area contributed by atoms with Crippen LogP contribution in [0.15, 0.2) is 0 Å². The van der Waals surface area contributed by atoms with Crippen molar-refractivity contribution in [2.24, 2.45) is 0 Å². The maximum absolute atomic E-state index is 6.09. The van der Waals surface area contributed by atoms with E-state index in [1.807, 2.05) is 55.4 Å². The lowest BCUT2D eigenvalue weighted by Gasteiger charge is -2.40. The first-order valence-corrected chi connectivity index (χ1v) is 6.13. The monoisotopic (exact) mass is 244 g/mol. The summed E-state index contributed by atoms with van der Waals surface area (Å²) in [5, 5.41) is 0. The molecular weight excluding hydrogens is 220 g/mol. The van der Waals surface area contributed by atoms with E-state index in [1.165, 1.54) is 0 Å². The molecule has 100 valence electrons. The largest absolute Gasteiger partial charge is 0.339 e. The van der Waals surface area contributed by atoms with E-state index in [0.717, 1.165) is 0 Å². The van der Waals surface area contributed by atoms with E-state index in [0.29, 0.717) is 0 Å². The molecule has 2 aliphatic heterocycles. The van der Waals surface area contributed by atoms with Crippen LogP contribution in [-0.2, 0) is 18.9 Å². The van der Waals surface area contributed by atoms with Crippen LogP contribution in [0.2, 0.25) is 0 Å². The molecule has 0 saturated carbocycles. The Bertz CT molecular complexity index is 307. The summed E-state index contributed by atoms with van der Waals surface area (Å²) in [6.07, 6.45) is 0. The second kappa shape index (κ2) is 3.05. The molecule has 0 radical (unpaired) electrons. The van der Waals surface area contributed by atoms with Crippen LogP contribution < -0.4 is 0 Å². The summed E-state index contributed by atoms with van der Waals surface area (Å²) in [6.45, 7) is 15.5. The predicted molar refractivity (Wildman–Crippen MR) is 63.4 cm³/mol. The molecule has 4 heteroatoms. The fourth-order valence-corrected chi connectivity index (χ4v) is 3.33. The SMILES string of the molecule is CC1(C)OC(C)(C)C2(O1)OC(C)(C)OC2(C)C. The van der Waals surface area contributed by atoms with Crippen molar-refractivity contribution < 1.29 is 18.9 Å². The second-order valence-corrected chi connectivity index (χ2v) is 6.85. The highest BCUT2D eigenvalue weighted by Crippen LogP contribution is 2.57. The zero-order valence-electron chi connectivity index (χ0n) is 12.1. The van der Waals surface area contributed by atoms with Gasteiger partial charge < -0.3 is 18.9 Å². The molecule has 0 atom stereocenters. The quantitative estimate of drug-likeness (QED) is 0.656. The molecule has 2 aliphatic rings. The Labute approximate surface area is 104 Å². The van der Waals surface area contributed by atoms with Crippen LogP contribution in [-0.4, -0.2) is 28.6 Å². The molecule has 0 unspecified atom stereocenters. The zero-order valence-corrected chi connectivity index (χ0v) is 12.1. The third-order valence-electron chi connectivity index (χ3n) is 3.37. The minimum Gasteiger partial charge on any atom is -0.339 e. The molecule has 2 fully saturated rings. The number of hydrogen-bond acceptors (Lipinski definition) is 4. The van der Waals surface area contributed by atoms with Gasteiger partial charge in [-0.3, -0.25) is 0 Å². The number of rotatable bonds is 0. The molecule has 0 aromatic carbocycles. The molecule has 0 bridgehead atoms. The van der Waals surface area contributed by atoms with E-state index >= 15 is 0 Å². The molecule has 17 heavy (non-hydrogen) atoms. The van der Waals surface area contributed by atoms with E-state index in [9.17, 15) is 0 Å². The molecular formula is C13H24O4. The molecule has 4 nitrogen and oxygen atoms in total. The van der Waals surface area contributed by atoms with Gasteiger partial charge in [0.05, 0.1) is 0 Å². The predicted octanol–water partition coefficient (Wildman–Crippen LogP) is 2.81. The van der Waals surface area contributed by atoms with Gasteiger partial charge in [-0.2, -0.15) is 0 Å². The lowest BCUT2D eigenvalue weighted by atomic mass is 9.84. The molecule has 0 aliphatic carbocycles. The summed E-state index contributed by atoms with van der Waals surface area (Å²) in [6, 6.07) is 0. The molecule has 0 amide bonds. The number of ether oxygens (including phenoxy) is 4. The average Bonchev–Trinajstić information content (AvgIpc) is 2.22. The first kappa shape index (κ1) is 13.3. The molecule has 1 spiro atoms. The summed E-state index contributed by atoms with van der Waals surface area (Å²) in [5.74, 6) is -2.25. The van der Waals surface area contributed by atoms with E-state index in [4.69, 9.17) is 18.9 Å². The van der Waals surface area contributed by atoms with Crippen LogP contribution in [0.1, 0.15) is 55.4 Å². The van der Waals surface area contributed by atoms with Crippen molar-refractivity contribution in [1.29, 1.82) is 0 Å². The van der Waals surface area contributed by atoms with Crippen LogP contribution in [0, 0.1) is 0 Å². The Morgan fingerprint density at radius 1 is 0.471 bits per heavy atom. The topological polar surface area (TPSA) is 36.9 Å². The van der Waals surface area contributed by atoms with Crippen molar-refractivity contribution in [1.82, 2.24) is 0 Å². The van der Waals surface area contributed by atoms with Crippen LogP contribution in [0.3, 0.4) is 0 Å². The van der Waals surface area contributed by atoms with Crippen molar-refractivity contribution in [3.05, 3.63) is 0 Å². The zero-order chi connectivity index (χ0) is 13.3. The van der Waals surface area contributed by atoms with Gasteiger partial charge in [0.25, 0.3) is 0 Å². The highest BCUT2D eigenvalue weighted by Gasteiger charge is 2.73. The lowest BCUT2D eigenvalue weighted by molar-refractivity contribution is -0.283. The Morgan fingerprint density at radius 3 is 0.941 bits per heavy atom. The Morgan fingerprint density at radius 2 is 0.765 bits per heavy atom. The van der Waals surface area contributed by atoms with Crippen molar-refractivity contribution in [2.75, 3.05) is 0 Å². The van der Waals surface area contributed by atoms with Crippen LogP contribution in [0.5, 0.6) is 0 Å². The van der Waals surface area contributed by atoms with Gasteiger partial charge in [-0.15, -0.1) is 0 Å². The number of hydrogen-bond donors (Lipinski definition) is 0. The summed E-state index contributed by atoms with van der Waals surface area (Å²) < 4.78 is 24.1. The normalized spacial score (nSPS) is 35.3. The Hall–Kier alpha value is -0.160. The summed E-state index contributed by atoms with van der Waals surface area (Å²) in [5.41, 5.74) is -1.15. The lowest BCUT2D eigenvalue weighted by Crippen LogP contribution is -2.59. The van der Waals surface area contributed by atoms with Crippen LogP contribution >= 0.6 is 0 Å². The van der Waals surface area contributed by atoms with Gasteiger partial charge >= 0.3 is 0 Å². The minimum absolute atomic E-state index is 0.576. The van der Waals surface area contributed by atoms with Gasteiger partial charge in [0.15, 0.2) is 11.6 Å². The summed E-state index contributed by atoms with van der Waals surface area (Å²) in [7, 11) is 0. The van der Waals surface area contributed by atoms with Crippen LogP contribution in [0.25, 0.3) is 0 Å². The maximum atomic E-state index is 6.09. The summed E-state index contributed by atoms with van der Waals surface area (Å²) >= 11 is 0. The highest BCUT2D eigenvalue weighted by atomic mass is 16.9. The second-order valence-electron chi connectivity index (χ2n) is 6.85. The van der Waals surface area contributed by atoms with E-state index in [2.05, 4.69) is 0 Å². The van der Waals surface area contributed by atoms with E-state index < -0.39 is 28.6 Å². The summed E-state index contributed by atoms with van der Waals surface area (Å²) in [4.78, 5) is 0. The van der Waals surface area contributed by atoms with E-state index in [1.54, 1.807) is 0 Å². The first-order chi connectivity index (χ1) is 7.33. The molecule has 0 N–H and O–H groups in total. The molecule has 0 aromatic heterocycles. The van der Waals surface area contributed by atoms with Crippen molar-refractivity contribution >= 4 is 0 Å². The Kier molecular flexibility index (Phi) is 2.38. The third-order valence-corrected chi connectivity index (χ3v) is 3.37. The fourth-order valence-electron chi connectivity index (χ4n) is 3.33. The van der Waals surface area contributed by atoms with Crippen molar-refractivity contribution in [3.8, 4) is 0 Å². The molecule has 2 rings (SSSR count). The van der Waals surface area contributed by atoms with Gasteiger partial charge in [-0.05, 0) is 55.4 Å². The molecule has 0 aromatic rings. The van der Waals surface area contributed by atoms with Gasteiger partial charge in [-0.25, -0.2) is 0 Å². The van der Waals surface area contributed by atoms with E-state index in [-0.39, 0.29) is 0 Å². The highest BCUT2D eigenvalue weighted by molar-refractivity contribution is 5.10. The smallest absolute Gasteiger partial charge is 0.231 e. The first-order valence-electron chi connectivity index (χ1n) is 6.13. The maximum Gasteiger partial charge on any atom is 0.231 e. The third kappa shape index (κ3) is 1.73. The van der Waals surface area contributed by atoms with Crippen LogP contribution in [0.4, 0.5) is 0 Å². The van der Waals surface area contributed by atoms with Gasteiger partial charge in [0, 0.05) is 0 Å². The fraction of sp³-hybridized carbons (Fsp3) is 1.00. The van der Waals surface area contributed by atoms with Crippen molar-refractivity contribution in [3.63, 3.8) is 0 Å². The minimum atomic E-state index is -0.896. The van der Waals surface area contributed by atoms with Gasteiger partial charge in [-0.1, -0.05) is 0 Å². The van der Waals surface area contributed by atoms with Gasteiger partial charge in [0.1, 0.15) is 11.2 Å². The average molecular weight is 244 g/mol. The standard InChI is InChI=1S/C13H24O4/c1-9(2)13(16-11(5,6)14-9)10(3,4)15-12(7,8)17-13/h1-8H3. The van der Waals surface area contributed by atoms with Crippen molar-refractivity contribution in [2.45, 2.75) is 84.0 Å².